The summed E-state index contributed by atoms with van der Waals surface area (Å²) in [6.07, 6.45) is 1.89. The van der Waals surface area contributed by atoms with E-state index >= 15 is 0 Å². The number of esters is 1. The molecule has 0 bridgehead atoms. The van der Waals surface area contributed by atoms with Gasteiger partial charge in [-0.15, -0.1) is 0 Å². The first-order chi connectivity index (χ1) is 7.85. The average molecular weight is 242 g/mol. The molecule has 1 heterocycles. The normalized spacial score (nSPS) is 20.4. The van der Waals surface area contributed by atoms with Crippen molar-refractivity contribution in [3.05, 3.63) is 0 Å². The van der Waals surface area contributed by atoms with Crippen LogP contribution >= 0.6 is 0 Å². The fourth-order valence-corrected chi connectivity index (χ4v) is 1.70. The first-order valence-corrected chi connectivity index (χ1v) is 6.12. The minimum atomic E-state index is -0.515. The van der Waals surface area contributed by atoms with Crippen molar-refractivity contribution in [3.8, 4) is 0 Å². The molecule has 0 radical (unpaired) electrons. The Morgan fingerprint density at radius 3 is 2.71 bits per heavy atom. The largest absolute Gasteiger partial charge is 0.458 e. The third kappa shape index (κ3) is 3.91. The van der Waals surface area contributed by atoms with Crippen molar-refractivity contribution in [3.63, 3.8) is 0 Å². The van der Waals surface area contributed by atoms with Crippen LogP contribution in [0.4, 0.5) is 4.79 Å². The number of carbonyl (C=O) groups excluding carboxylic acids is 2. The molecule has 2 amide bonds. The second-order valence-corrected chi connectivity index (χ2v) is 5.28. The molecule has 0 aromatic heterocycles. The first kappa shape index (κ1) is 13.8. The Morgan fingerprint density at radius 1 is 1.53 bits per heavy atom. The van der Waals surface area contributed by atoms with Crippen LogP contribution in [0.25, 0.3) is 0 Å². The van der Waals surface area contributed by atoms with Crippen LogP contribution in [-0.2, 0) is 9.53 Å². The number of amides is 2. The lowest BCUT2D eigenvalue weighted by Crippen LogP contribution is -2.43. The summed E-state index contributed by atoms with van der Waals surface area (Å²) in [5.41, 5.74) is -0.515. The van der Waals surface area contributed by atoms with Crippen molar-refractivity contribution in [2.75, 3.05) is 13.1 Å². The molecule has 1 aliphatic heterocycles. The molecule has 17 heavy (non-hydrogen) atoms. The van der Waals surface area contributed by atoms with Crippen molar-refractivity contribution in [2.24, 2.45) is 0 Å². The van der Waals surface area contributed by atoms with Crippen molar-refractivity contribution in [2.45, 2.75) is 52.2 Å². The van der Waals surface area contributed by atoms with Gasteiger partial charge in [-0.2, -0.15) is 0 Å². The van der Waals surface area contributed by atoms with Crippen molar-refractivity contribution in [1.29, 1.82) is 0 Å². The van der Waals surface area contributed by atoms with Gasteiger partial charge in [-0.05, 0) is 27.2 Å². The quantitative estimate of drug-likeness (QED) is 0.760. The summed E-state index contributed by atoms with van der Waals surface area (Å²) in [5.74, 6) is -0.327. The summed E-state index contributed by atoms with van der Waals surface area (Å²) in [6, 6.07) is -0.650. The summed E-state index contributed by atoms with van der Waals surface area (Å²) in [6.45, 7) is 8.47. The number of urea groups is 1. The van der Waals surface area contributed by atoms with Gasteiger partial charge < -0.3 is 15.0 Å². The van der Waals surface area contributed by atoms with Gasteiger partial charge in [0.05, 0.1) is 6.54 Å². The van der Waals surface area contributed by atoms with Crippen LogP contribution in [0.1, 0.15) is 40.5 Å². The van der Waals surface area contributed by atoms with E-state index in [1.54, 1.807) is 4.90 Å². The van der Waals surface area contributed by atoms with Crippen molar-refractivity contribution in [1.82, 2.24) is 10.2 Å². The first-order valence-electron chi connectivity index (χ1n) is 6.12. The zero-order valence-corrected chi connectivity index (χ0v) is 11.1. The molecule has 0 saturated carbocycles. The number of rotatable bonds is 4. The molecule has 1 aliphatic rings. The average Bonchev–Trinajstić information content (AvgIpc) is 2.54. The molecule has 0 aromatic carbocycles. The van der Waals surface area contributed by atoms with Gasteiger partial charge in [0.2, 0.25) is 0 Å². The van der Waals surface area contributed by atoms with E-state index < -0.39 is 11.6 Å². The highest BCUT2D eigenvalue weighted by Gasteiger charge is 2.37. The summed E-state index contributed by atoms with van der Waals surface area (Å²) < 4.78 is 5.31. The lowest BCUT2D eigenvalue weighted by atomic mass is 10.2. The second kappa shape index (κ2) is 5.38. The Labute approximate surface area is 102 Å². The van der Waals surface area contributed by atoms with E-state index in [0.29, 0.717) is 13.1 Å². The van der Waals surface area contributed by atoms with E-state index in [2.05, 4.69) is 12.2 Å². The third-order valence-corrected chi connectivity index (χ3v) is 2.52. The number of unbranched alkanes of at least 4 members (excludes halogenated alkanes) is 1. The van der Waals surface area contributed by atoms with Gasteiger partial charge in [0.25, 0.3) is 0 Å². The molecule has 98 valence electrons. The Balaban J connectivity index is 2.62. The Bertz CT molecular complexity index is 297. The van der Waals surface area contributed by atoms with Crippen molar-refractivity contribution < 1.29 is 14.3 Å². The van der Waals surface area contributed by atoms with Crippen LogP contribution in [-0.4, -0.2) is 41.6 Å². The van der Waals surface area contributed by atoms with Gasteiger partial charge >= 0.3 is 12.0 Å². The SMILES string of the molecule is CCCCN1C(=O)NC[C@H]1C(=O)OC(C)(C)C. The highest BCUT2D eigenvalue weighted by atomic mass is 16.6. The summed E-state index contributed by atoms with van der Waals surface area (Å²) in [7, 11) is 0. The fourth-order valence-electron chi connectivity index (χ4n) is 1.70. The summed E-state index contributed by atoms with van der Waals surface area (Å²) in [4.78, 5) is 25.1. The number of hydrogen-bond donors (Lipinski definition) is 1. The van der Waals surface area contributed by atoms with Crippen molar-refractivity contribution >= 4 is 12.0 Å². The zero-order valence-electron chi connectivity index (χ0n) is 11.1. The van der Waals surface area contributed by atoms with Crippen LogP contribution in [0.2, 0.25) is 0 Å². The Kier molecular flexibility index (Phi) is 4.37. The maximum Gasteiger partial charge on any atom is 0.331 e. The molecule has 1 atom stereocenters. The standard InChI is InChI=1S/C12H22N2O3/c1-5-6-7-14-9(8-13-11(14)16)10(15)17-12(2,3)4/h9H,5-8H2,1-4H3,(H,13,16)/t9-/m0/s1. The van der Waals surface area contributed by atoms with Crippen LogP contribution in [0.3, 0.4) is 0 Å². The van der Waals surface area contributed by atoms with E-state index in [4.69, 9.17) is 4.74 Å². The van der Waals surface area contributed by atoms with E-state index in [9.17, 15) is 9.59 Å². The molecule has 1 rings (SSSR count). The van der Waals surface area contributed by atoms with E-state index in [0.717, 1.165) is 12.8 Å². The number of carbonyl (C=O) groups is 2. The second-order valence-electron chi connectivity index (χ2n) is 5.28. The van der Waals surface area contributed by atoms with Crippen LogP contribution < -0.4 is 5.32 Å². The minimum Gasteiger partial charge on any atom is -0.458 e. The van der Waals surface area contributed by atoms with Gasteiger partial charge in [0.15, 0.2) is 0 Å². The number of nitrogens with zero attached hydrogens (tertiary/aromatic N) is 1. The highest BCUT2D eigenvalue weighted by molar-refractivity contribution is 5.87. The topological polar surface area (TPSA) is 58.6 Å². The number of ether oxygens (including phenoxy) is 1. The van der Waals surface area contributed by atoms with E-state index in [1.807, 2.05) is 20.8 Å². The number of nitrogens with one attached hydrogen (secondary N) is 1. The molecule has 1 saturated heterocycles. The molecular weight excluding hydrogens is 220 g/mol. The van der Waals surface area contributed by atoms with Gasteiger partial charge in [-0.3, -0.25) is 0 Å². The molecule has 5 heteroatoms. The monoisotopic (exact) mass is 242 g/mol. The predicted octanol–water partition coefficient (Wildman–Crippen LogP) is 1.52. The fraction of sp³-hybridized carbons (Fsp3) is 0.833. The molecular formula is C12H22N2O3. The molecule has 0 aliphatic carbocycles. The van der Waals surface area contributed by atoms with Crippen LogP contribution in [0.15, 0.2) is 0 Å². The lowest BCUT2D eigenvalue weighted by Gasteiger charge is -2.26. The number of hydrogen-bond acceptors (Lipinski definition) is 3. The molecule has 0 spiro atoms. The maximum atomic E-state index is 11.9. The molecule has 5 nitrogen and oxygen atoms in total. The van der Waals surface area contributed by atoms with E-state index in [-0.39, 0.29) is 12.0 Å². The lowest BCUT2D eigenvalue weighted by molar-refractivity contribution is -0.159. The van der Waals surface area contributed by atoms with Crippen LogP contribution in [0, 0.1) is 0 Å². The maximum absolute atomic E-state index is 11.9. The van der Waals surface area contributed by atoms with Gasteiger partial charge in [-0.25, -0.2) is 9.59 Å². The van der Waals surface area contributed by atoms with Gasteiger partial charge in [0, 0.05) is 6.54 Å². The summed E-state index contributed by atoms with van der Waals surface area (Å²) in [5, 5.41) is 2.68. The van der Waals surface area contributed by atoms with Gasteiger partial charge in [0.1, 0.15) is 11.6 Å². The Morgan fingerprint density at radius 2 is 2.18 bits per heavy atom. The molecule has 1 fully saturated rings. The third-order valence-electron chi connectivity index (χ3n) is 2.52. The molecule has 0 aromatic rings. The smallest absolute Gasteiger partial charge is 0.331 e. The Hall–Kier alpha value is -1.26. The van der Waals surface area contributed by atoms with Gasteiger partial charge in [-0.1, -0.05) is 13.3 Å². The van der Waals surface area contributed by atoms with Crippen LogP contribution in [0.5, 0.6) is 0 Å². The molecule has 1 N–H and O–H groups in total. The summed E-state index contributed by atoms with van der Waals surface area (Å²) >= 11 is 0. The zero-order chi connectivity index (χ0) is 13.1. The molecule has 0 unspecified atom stereocenters. The van der Waals surface area contributed by atoms with E-state index in [1.165, 1.54) is 0 Å². The minimum absolute atomic E-state index is 0.172. The predicted molar refractivity (Wildman–Crippen MR) is 64.6 cm³/mol. The highest BCUT2D eigenvalue weighted by Crippen LogP contribution is 2.15.